The van der Waals surface area contributed by atoms with Gasteiger partial charge in [0.15, 0.2) is 0 Å². The summed E-state index contributed by atoms with van der Waals surface area (Å²) in [5.74, 6) is -4.83. The number of benzene rings is 1. The molecule has 0 bridgehead atoms. The molecule has 224 valence electrons. The summed E-state index contributed by atoms with van der Waals surface area (Å²) in [6.07, 6.45) is -2.21. The second-order valence-corrected chi connectivity index (χ2v) is 11.1. The maximum Gasteiger partial charge on any atom is 0.416 e. The number of urea groups is 1. The maximum absolute atomic E-state index is 15.8. The molecule has 13 heteroatoms. The predicted octanol–water partition coefficient (Wildman–Crippen LogP) is 6.47. The van der Waals surface area contributed by atoms with Crippen molar-refractivity contribution in [1.82, 2.24) is 15.2 Å². The Kier molecular flexibility index (Phi) is 8.09. The van der Waals surface area contributed by atoms with E-state index in [2.05, 4.69) is 10.3 Å². The first-order valence-electron chi connectivity index (χ1n) is 13.9. The van der Waals surface area contributed by atoms with Crippen molar-refractivity contribution in [2.24, 2.45) is 0 Å². The van der Waals surface area contributed by atoms with Crippen LogP contribution >= 0.6 is 0 Å². The summed E-state index contributed by atoms with van der Waals surface area (Å²) < 4.78 is 86.1. The molecule has 0 spiro atoms. The summed E-state index contributed by atoms with van der Waals surface area (Å²) in [5.41, 5.74) is -1.77. The van der Waals surface area contributed by atoms with Gasteiger partial charge in [0.25, 0.3) is 0 Å². The number of aromatic nitrogens is 1. The number of nitrogens with zero attached hydrogens (tertiary/aromatic N) is 4. The van der Waals surface area contributed by atoms with Crippen LogP contribution in [0.3, 0.4) is 0 Å². The quantitative estimate of drug-likeness (QED) is 0.389. The molecule has 2 atom stereocenters. The zero-order chi connectivity index (χ0) is 30.2. The monoisotopic (exact) mass is 593 g/mol. The van der Waals surface area contributed by atoms with Gasteiger partial charge in [0.05, 0.1) is 17.3 Å². The first-order valence-corrected chi connectivity index (χ1v) is 13.9. The van der Waals surface area contributed by atoms with Crippen LogP contribution in [0.4, 0.5) is 36.8 Å². The van der Waals surface area contributed by atoms with Crippen molar-refractivity contribution in [1.29, 1.82) is 5.26 Å². The molecule has 1 aliphatic heterocycles. The highest BCUT2D eigenvalue weighted by Crippen LogP contribution is 2.43. The van der Waals surface area contributed by atoms with Crippen LogP contribution in [0, 0.1) is 17.1 Å². The van der Waals surface area contributed by atoms with Gasteiger partial charge in [-0.15, -0.1) is 0 Å². The fourth-order valence-electron chi connectivity index (χ4n) is 5.75. The van der Waals surface area contributed by atoms with Crippen LogP contribution in [0.25, 0.3) is 0 Å². The largest absolute Gasteiger partial charge is 0.416 e. The summed E-state index contributed by atoms with van der Waals surface area (Å²) >= 11 is 0. The Hall–Kier alpha value is -3.82. The average Bonchev–Trinajstić information content (AvgIpc) is 3.68. The van der Waals surface area contributed by atoms with Crippen LogP contribution in [0.5, 0.6) is 0 Å². The van der Waals surface area contributed by atoms with Crippen LogP contribution in [-0.4, -0.2) is 46.4 Å². The molecule has 42 heavy (non-hydrogen) atoms. The number of alkyl halides is 5. The summed E-state index contributed by atoms with van der Waals surface area (Å²) in [6, 6.07) is 1.82. The van der Waals surface area contributed by atoms with Crippen molar-refractivity contribution in [3.8, 4) is 6.07 Å². The standard InChI is InChI=1S/C29H29F6N5O2/c30-23-14-18(17-3-4-17)5-6-24(23)40(27(42)39-13-1-2-20(39)15-36)25(21-16-37-12-9-22(21)29(33,34)35)26(41)38-19-7-10-28(31,32)11-8-19/h5-6,9,12,14,16-17,19-20,25H,1-4,7-8,10-11,13H2,(H,38,41)/t20-,25?/m1/s1. The van der Waals surface area contributed by atoms with E-state index in [1.165, 1.54) is 12.1 Å². The van der Waals surface area contributed by atoms with Gasteiger partial charge >= 0.3 is 12.2 Å². The number of anilines is 1. The molecule has 3 amide bonds. The molecule has 3 aliphatic rings. The predicted molar refractivity (Wildman–Crippen MR) is 139 cm³/mol. The van der Waals surface area contributed by atoms with Crippen LogP contribution in [0.15, 0.2) is 36.7 Å². The lowest BCUT2D eigenvalue weighted by Gasteiger charge is -2.37. The van der Waals surface area contributed by atoms with Crippen LogP contribution < -0.4 is 10.2 Å². The highest BCUT2D eigenvalue weighted by atomic mass is 19.4. The molecule has 1 aromatic carbocycles. The lowest BCUT2D eigenvalue weighted by molar-refractivity contribution is -0.138. The Labute approximate surface area is 238 Å². The molecule has 7 nitrogen and oxygen atoms in total. The van der Waals surface area contributed by atoms with Crippen molar-refractivity contribution in [2.75, 3.05) is 11.4 Å². The number of hydrogen-bond donors (Lipinski definition) is 1. The van der Waals surface area contributed by atoms with E-state index in [1.807, 2.05) is 6.07 Å². The van der Waals surface area contributed by atoms with Gasteiger partial charge in [0.1, 0.15) is 17.9 Å². The van der Waals surface area contributed by atoms with Crippen LogP contribution in [0.2, 0.25) is 0 Å². The van der Waals surface area contributed by atoms with Crippen LogP contribution in [-0.2, 0) is 11.0 Å². The molecular weight excluding hydrogens is 564 g/mol. The minimum absolute atomic E-state index is 0.0700. The smallest absolute Gasteiger partial charge is 0.351 e. The van der Waals surface area contributed by atoms with Gasteiger partial charge in [0.2, 0.25) is 11.8 Å². The van der Waals surface area contributed by atoms with E-state index >= 15 is 4.39 Å². The lowest BCUT2D eigenvalue weighted by atomic mass is 9.91. The SMILES string of the molecule is N#C[C@H]1CCCN1C(=O)N(c1ccc(C2CC2)cc1F)C(C(=O)NC1CCC(F)(F)CC1)c1cnccc1C(F)(F)F. The van der Waals surface area contributed by atoms with Gasteiger partial charge in [-0.05, 0) is 68.2 Å². The molecule has 2 aliphatic carbocycles. The van der Waals surface area contributed by atoms with E-state index in [4.69, 9.17) is 0 Å². The van der Waals surface area contributed by atoms with Crippen molar-refractivity contribution >= 4 is 17.6 Å². The molecule has 2 saturated carbocycles. The molecule has 5 rings (SSSR count). The van der Waals surface area contributed by atoms with E-state index in [9.17, 15) is 36.8 Å². The molecule has 2 aromatic rings. The normalized spacial score (nSPS) is 21.5. The number of carbonyl (C=O) groups excluding carboxylic acids is 2. The molecule has 2 heterocycles. The summed E-state index contributed by atoms with van der Waals surface area (Å²) in [5, 5.41) is 12.2. The minimum atomic E-state index is -4.98. The number of nitrogens with one attached hydrogen (secondary N) is 1. The Morgan fingerprint density at radius 3 is 2.45 bits per heavy atom. The Morgan fingerprint density at radius 1 is 1.12 bits per heavy atom. The second kappa shape index (κ2) is 11.5. The van der Waals surface area contributed by atoms with Gasteiger partial charge in [-0.25, -0.2) is 18.0 Å². The number of amides is 3. The number of likely N-dealkylation sites (tertiary alicyclic amines) is 1. The summed E-state index contributed by atoms with van der Waals surface area (Å²) in [4.78, 5) is 33.6. The van der Waals surface area contributed by atoms with Gasteiger partial charge < -0.3 is 10.2 Å². The number of carbonyl (C=O) groups is 2. The second-order valence-electron chi connectivity index (χ2n) is 11.1. The van der Waals surface area contributed by atoms with Gasteiger partial charge in [-0.3, -0.25) is 14.7 Å². The fourth-order valence-corrected chi connectivity index (χ4v) is 5.75. The minimum Gasteiger partial charge on any atom is -0.351 e. The van der Waals surface area contributed by atoms with Crippen LogP contribution in [0.1, 0.15) is 80.0 Å². The Bertz CT molecular complexity index is 1380. The third-order valence-corrected chi connectivity index (χ3v) is 8.16. The van der Waals surface area contributed by atoms with E-state index in [1.54, 1.807) is 6.07 Å². The van der Waals surface area contributed by atoms with E-state index < -0.39 is 77.6 Å². The first kappa shape index (κ1) is 29.7. The van der Waals surface area contributed by atoms with Crippen molar-refractivity contribution in [2.45, 2.75) is 87.5 Å². The number of rotatable bonds is 6. The van der Waals surface area contributed by atoms with Gasteiger partial charge in [-0.2, -0.15) is 18.4 Å². The Morgan fingerprint density at radius 2 is 1.83 bits per heavy atom. The molecule has 1 saturated heterocycles. The summed E-state index contributed by atoms with van der Waals surface area (Å²) in [7, 11) is 0. The van der Waals surface area contributed by atoms with E-state index in [0.717, 1.165) is 30.1 Å². The molecule has 1 aromatic heterocycles. The van der Waals surface area contributed by atoms with E-state index in [0.29, 0.717) is 29.4 Å². The zero-order valence-corrected chi connectivity index (χ0v) is 22.5. The maximum atomic E-state index is 15.8. The topological polar surface area (TPSA) is 89.3 Å². The van der Waals surface area contributed by atoms with Crippen molar-refractivity contribution < 1.29 is 35.9 Å². The van der Waals surface area contributed by atoms with Gasteiger partial charge in [-0.1, -0.05) is 6.07 Å². The number of nitriles is 1. The zero-order valence-electron chi connectivity index (χ0n) is 22.5. The third kappa shape index (κ3) is 6.17. The molecule has 1 unspecified atom stereocenters. The fraction of sp³-hybridized carbons (Fsp3) is 0.517. The van der Waals surface area contributed by atoms with Gasteiger partial charge in [0, 0.05) is 43.4 Å². The van der Waals surface area contributed by atoms with Crippen molar-refractivity contribution in [3.63, 3.8) is 0 Å². The van der Waals surface area contributed by atoms with E-state index in [-0.39, 0.29) is 25.3 Å². The highest BCUT2D eigenvalue weighted by Gasteiger charge is 2.45. The molecule has 0 radical (unpaired) electrons. The molecular formula is C29H29F6N5O2. The molecule has 3 fully saturated rings. The Balaban J connectivity index is 1.63. The number of hydrogen-bond acceptors (Lipinski definition) is 4. The summed E-state index contributed by atoms with van der Waals surface area (Å²) in [6.45, 7) is 0.0700. The van der Waals surface area contributed by atoms with Crippen molar-refractivity contribution in [3.05, 3.63) is 59.2 Å². The highest BCUT2D eigenvalue weighted by molar-refractivity contribution is 6.01. The number of halogens is 6. The lowest BCUT2D eigenvalue weighted by Crippen LogP contribution is -2.53. The number of pyridine rings is 1. The average molecular weight is 594 g/mol. The first-order chi connectivity index (χ1) is 19.9. The molecule has 1 N–H and O–H groups in total. The third-order valence-electron chi connectivity index (χ3n) is 8.16.